The Labute approximate surface area is 354 Å². The van der Waals surface area contributed by atoms with Crippen LogP contribution in [0.3, 0.4) is 0 Å². The maximum atomic E-state index is 12.8. The van der Waals surface area contributed by atoms with Crippen molar-refractivity contribution in [3.8, 4) is 0 Å². The molecule has 0 aromatic carbocycles. The summed E-state index contributed by atoms with van der Waals surface area (Å²) in [4.78, 5) is 35.6. The zero-order valence-electron chi connectivity index (χ0n) is 36.0. The van der Waals surface area contributed by atoms with E-state index in [9.17, 15) is 44.6 Å². The summed E-state index contributed by atoms with van der Waals surface area (Å²) in [7, 11) is -5.12. The first-order valence-corrected chi connectivity index (χ1v) is 23.9. The Kier molecular flexibility index (Phi) is 32.9. The second kappa shape index (κ2) is 35.4. The van der Waals surface area contributed by atoms with Gasteiger partial charge in [-0.2, -0.15) is 0 Å². The number of aliphatic hydroxyl groups is 5. The molecular weight excluding hydrogens is 779 g/mol. The second-order valence-electron chi connectivity index (χ2n) is 15.5. The molecule has 1 fully saturated rings. The fourth-order valence-corrected chi connectivity index (χ4v) is 7.44. The Morgan fingerprint density at radius 2 is 0.915 bits per heavy atom. The van der Waals surface area contributed by atoms with E-state index in [0.29, 0.717) is 12.8 Å². The van der Waals surface area contributed by atoms with Gasteiger partial charge in [0.2, 0.25) is 0 Å². The number of carbonyl (C=O) groups is 2. The van der Waals surface area contributed by atoms with Gasteiger partial charge in [0.1, 0.15) is 43.2 Å². The summed E-state index contributed by atoms with van der Waals surface area (Å²) in [5, 5.41) is 50.1. The lowest BCUT2D eigenvalue weighted by Gasteiger charge is -2.41. The van der Waals surface area contributed by atoms with Gasteiger partial charge in [-0.1, -0.05) is 127 Å². The number of rotatable bonds is 36. The van der Waals surface area contributed by atoms with E-state index in [4.69, 9.17) is 18.5 Å². The molecule has 0 heterocycles. The molecule has 0 aliphatic heterocycles. The molecule has 6 N–H and O–H groups in total. The number of allylic oxidation sites excluding steroid dienone is 8. The Balaban J connectivity index is 2.50. The van der Waals surface area contributed by atoms with Gasteiger partial charge in [-0.25, -0.2) is 4.57 Å². The highest BCUT2D eigenvalue weighted by atomic mass is 31.2. The van der Waals surface area contributed by atoms with Crippen LogP contribution in [0.2, 0.25) is 0 Å². The minimum atomic E-state index is -5.12. The fraction of sp³-hybridized carbons (Fsp3) is 0.778. The standard InChI is InChI=1S/C45H79O13P/c1-3-5-7-9-11-13-15-17-19-21-23-25-27-29-31-33-38(46)55-35-37(36-56-59(53,54)58-45-43(51)41(49)40(48)42(50)44(45)52)57-39(47)34-32-30-28-26-24-22-20-18-16-14-12-10-8-6-4-2/h11-14,17-20,37,40-45,48-52H,3-10,15-16,21-36H2,1-2H3,(H,53,54)/b13-11+,14-12+,19-17+,20-18+/t37-,40?,41-,42?,43?,44?,45?/m1/s1. The average Bonchev–Trinajstić information content (AvgIpc) is 3.21. The minimum absolute atomic E-state index is 0.0761. The van der Waals surface area contributed by atoms with Crippen LogP contribution in [-0.2, 0) is 32.7 Å². The van der Waals surface area contributed by atoms with Gasteiger partial charge in [-0.15, -0.1) is 0 Å². The molecule has 13 nitrogen and oxygen atoms in total. The van der Waals surface area contributed by atoms with Gasteiger partial charge >= 0.3 is 19.8 Å². The highest BCUT2D eigenvalue weighted by Gasteiger charge is 2.51. The number of ether oxygens (including phenoxy) is 2. The predicted octanol–water partition coefficient (Wildman–Crippen LogP) is 8.39. The van der Waals surface area contributed by atoms with E-state index in [1.807, 2.05) is 0 Å². The number of hydrogen-bond donors (Lipinski definition) is 6. The van der Waals surface area contributed by atoms with Gasteiger partial charge in [-0.05, 0) is 77.0 Å². The first-order chi connectivity index (χ1) is 28.4. The van der Waals surface area contributed by atoms with E-state index in [1.165, 1.54) is 38.5 Å². The smallest absolute Gasteiger partial charge is 0.462 e. The second-order valence-corrected chi connectivity index (χ2v) is 16.9. The van der Waals surface area contributed by atoms with Crippen molar-refractivity contribution in [3.63, 3.8) is 0 Å². The monoisotopic (exact) mass is 859 g/mol. The van der Waals surface area contributed by atoms with Crippen molar-refractivity contribution in [3.05, 3.63) is 48.6 Å². The third-order valence-corrected chi connectivity index (χ3v) is 11.1. The summed E-state index contributed by atoms with van der Waals surface area (Å²) in [6.45, 7) is 3.21. The molecule has 1 rings (SSSR count). The molecule has 0 bridgehead atoms. The molecule has 0 saturated heterocycles. The summed E-state index contributed by atoms with van der Waals surface area (Å²) >= 11 is 0. The van der Waals surface area contributed by atoms with Crippen molar-refractivity contribution in [1.29, 1.82) is 0 Å². The molecule has 14 heteroatoms. The number of phosphoric ester groups is 1. The predicted molar refractivity (Wildman–Crippen MR) is 230 cm³/mol. The van der Waals surface area contributed by atoms with Crippen molar-refractivity contribution >= 4 is 19.8 Å². The van der Waals surface area contributed by atoms with Crippen molar-refractivity contribution in [2.24, 2.45) is 0 Å². The van der Waals surface area contributed by atoms with Gasteiger partial charge in [0.15, 0.2) is 6.10 Å². The number of unbranched alkanes of at least 4 members (excludes halogenated alkanes) is 16. The maximum absolute atomic E-state index is 12.8. The number of hydrogen-bond acceptors (Lipinski definition) is 12. The summed E-state index contributed by atoms with van der Waals surface area (Å²) in [6.07, 6.45) is 27.3. The molecule has 1 aliphatic rings. The molecule has 0 amide bonds. The lowest BCUT2D eigenvalue weighted by atomic mass is 9.85. The van der Waals surface area contributed by atoms with E-state index >= 15 is 0 Å². The molecule has 1 aliphatic carbocycles. The van der Waals surface area contributed by atoms with Gasteiger partial charge in [0, 0.05) is 12.8 Å². The topological polar surface area (TPSA) is 210 Å². The highest BCUT2D eigenvalue weighted by Crippen LogP contribution is 2.47. The molecule has 0 aromatic rings. The maximum Gasteiger partial charge on any atom is 0.472 e. The van der Waals surface area contributed by atoms with E-state index in [-0.39, 0.29) is 12.8 Å². The molecule has 6 unspecified atom stereocenters. The molecule has 0 aromatic heterocycles. The SMILES string of the molecule is CCCCC/C=C/C/C=C/CCCCCCCC(=O)OC[C@H](COP(=O)(O)OC1C(O)C(O)C(O)[C@@H](O)C1O)OC(=O)CCCCCCC/C=C/C/C=C/CCCCC. The Hall–Kier alpha value is -2.19. The molecule has 1 saturated carbocycles. The largest absolute Gasteiger partial charge is 0.472 e. The van der Waals surface area contributed by atoms with Crippen molar-refractivity contribution < 1.29 is 63.1 Å². The molecule has 0 spiro atoms. The number of aliphatic hydroxyl groups excluding tert-OH is 5. The lowest BCUT2D eigenvalue weighted by molar-refractivity contribution is -0.220. The van der Waals surface area contributed by atoms with Crippen LogP contribution >= 0.6 is 7.82 Å². The van der Waals surface area contributed by atoms with Gasteiger partial charge < -0.3 is 39.9 Å². The Morgan fingerprint density at radius 1 is 0.525 bits per heavy atom. The van der Waals surface area contributed by atoms with Crippen LogP contribution < -0.4 is 0 Å². The zero-order valence-corrected chi connectivity index (χ0v) is 36.9. The van der Waals surface area contributed by atoms with Crippen LogP contribution in [0.4, 0.5) is 0 Å². The van der Waals surface area contributed by atoms with Crippen LogP contribution in [0.5, 0.6) is 0 Å². The van der Waals surface area contributed by atoms with E-state index in [1.54, 1.807) is 0 Å². The Bertz CT molecular complexity index is 1220. The van der Waals surface area contributed by atoms with Gasteiger partial charge in [-0.3, -0.25) is 18.6 Å². The van der Waals surface area contributed by atoms with Crippen molar-refractivity contribution in [2.45, 2.75) is 211 Å². The highest BCUT2D eigenvalue weighted by molar-refractivity contribution is 7.47. The van der Waals surface area contributed by atoms with Gasteiger partial charge in [0.25, 0.3) is 0 Å². The normalized spacial score (nSPS) is 22.8. The average molecular weight is 859 g/mol. The molecule has 8 atom stereocenters. The fourth-order valence-electron chi connectivity index (χ4n) is 6.46. The van der Waals surface area contributed by atoms with E-state index in [0.717, 1.165) is 89.9 Å². The van der Waals surface area contributed by atoms with Gasteiger partial charge in [0.05, 0.1) is 6.61 Å². The summed E-state index contributed by atoms with van der Waals surface area (Å²) < 4.78 is 33.5. The molecule has 342 valence electrons. The number of phosphoric acid groups is 1. The van der Waals surface area contributed by atoms with Crippen LogP contribution in [0.15, 0.2) is 48.6 Å². The summed E-state index contributed by atoms with van der Waals surface area (Å²) in [6, 6.07) is 0. The van der Waals surface area contributed by atoms with E-state index < -0.39 is 75.7 Å². The number of esters is 2. The first-order valence-electron chi connectivity index (χ1n) is 22.4. The summed E-state index contributed by atoms with van der Waals surface area (Å²) in [5.41, 5.74) is 0. The van der Waals surface area contributed by atoms with Crippen LogP contribution in [0.1, 0.15) is 168 Å². The quantitative estimate of drug-likeness (QED) is 0.0152. The third kappa shape index (κ3) is 28.1. The lowest BCUT2D eigenvalue weighted by Crippen LogP contribution is -2.64. The van der Waals surface area contributed by atoms with E-state index in [2.05, 4.69) is 62.5 Å². The van der Waals surface area contributed by atoms with Crippen LogP contribution in [0, 0.1) is 0 Å². The molecule has 59 heavy (non-hydrogen) atoms. The van der Waals surface area contributed by atoms with Crippen LogP contribution in [-0.4, -0.2) is 98.3 Å². The minimum Gasteiger partial charge on any atom is -0.462 e. The number of carbonyl (C=O) groups excluding carboxylic acids is 2. The molecular formula is C45H79O13P. The molecule has 0 radical (unpaired) electrons. The summed E-state index contributed by atoms with van der Waals surface area (Å²) in [5.74, 6) is -1.13. The van der Waals surface area contributed by atoms with Crippen LogP contribution in [0.25, 0.3) is 0 Å². The zero-order chi connectivity index (χ0) is 43.6. The first kappa shape index (κ1) is 54.8. The van der Waals surface area contributed by atoms with Crippen molar-refractivity contribution in [1.82, 2.24) is 0 Å². The van der Waals surface area contributed by atoms with Crippen molar-refractivity contribution in [2.75, 3.05) is 13.2 Å². The third-order valence-electron chi connectivity index (χ3n) is 10.1. The Morgan fingerprint density at radius 3 is 1.37 bits per heavy atom.